The van der Waals surface area contributed by atoms with Gasteiger partial charge in [-0.25, -0.2) is 4.79 Å². The Labute approximate surface area is 101 Å². The molecular weight excluding hydrogens is 270 g/mol. The van der Waals surface area contributed by atoms with Gasteiger partial charge in [-0.1, -0.05) is 18.2 Å². The highest BCUT2D eigenvalue weighted by Gasteiger charge is 2.07. The Morgan fingerprint density at radius 3 is 2.62 bits per heavy atom. The molecule has 0 unspecified atom stereocenters. The van der Waals surface area contributed by atoms with Crippen molar-refractivity contribution in [2.24, 2.45) is 0 Å². The number of carbonyl (C=O) groups is 1. The van der Waals surface area contributed by atoms with E-state index in [1.165, 1.54) is 6.20 Å². The van der Waals surface area contributed by atoms with E-state index >= 15 is 0 Å². The van der Waals surface area contributed by atoms with E-state index in [2.05, 4.69) is 20.9 Å². The molecule has 0 aliphatic carbocycles. The zero-order valence-corrected chi connectivity index (χ0v) is 9.85. The van der Waals surface area contributed by atoms with Crippen LogP contribution in [0.5, 0.6) is 5.75 Å². The Morgan fingerprint density at radius 2 is 1.94 bits per heavy atom. The number of benzene rings is 1. The second-order valence-electron chi connectivity index (χ2n) is 3.09. The zero-order valence-electron chi connectivity index (χ0n) is 8.26. The summed E-state index contributed by atoms with van der Waals surface area (Å²) >= 11 is 3.25. The van der Waals surface area contributed by atoms with Crippen molar-refractivity contribution in [1.82, 2.24) is 4.98 Å². The minimum atomic E-state index is -0.388. The Hall–Kier alpha value is -1.68. The van der Waals surface area contributed by atoms with Gasteiger partial charge in [-0.15, -0.1) is 0 Å². The first kappa shape index (κ1) is 10.8. The summed E-state index contributed by atoms with van der Waals surface area (Å²) in [6.07, 6.45) is 3.12. The summed E-state index contributed by atoms with van der Waals surface area (Å²) < 4.78 is 5.92. The lowest BCUT2D eigenvalue weighted by atomic mass is 10.2. The highest BCUT2D eigenvalue weighted by molar-refractivity contribution is 9.10. The van der Waals surface area contributed by atoms with Gasteiger partial charge in [-0.2, -0.15) is 0 Å². The van der Waals surface area contributed by atoms with Crippen LogP contribution in [0, 0.1) is 0 Å². The number of hydrogen-bond donors (Lipinski definition) is 0. The highest BCUT2D eigenvalue weighted by Crippen LogP contribution is 2.17. The van der Waals surface area contributed by atoms with Crippen LogP contribution in [0.3, 0.4) is 0 Å². The van der Waals surface area contributed by atoms with E-state index in [0.717, 1.165) is 4.47 Å². The molecule has 0 bridgehead atoms. The molecule has 3 nitrogen and oxygen atoms in total. The van der Waals surface area contributed by atoms with Crippen LogP contribution in [-0.4, -0.2) is 11.0 Å². The van der Waals surface area contributed by atoms with Gasteiger partial charge in [0.15, 0.2) is 5.75 Å². The predicted molar refractivity (Wildman–Crippen MR) is 63.3 cm³/mol. The van der Waals surface area contributed by atoms with E-state index in [4.69, 9.17) is 4.74 Å². The first-order valence-electron chi connectivity index (χ1n) is 4.63. The average molecular weight is 278 g/mol. The molecule has 0 spiro atoms. The van der Waals surface area contributed by atoms with Gasteiger partial charge in [-0.3, -0.25) is 4.98 Å². The summed E-state index contributed by atoms with van der Waals surface area (Å²) in [6, 6.07) is 10.5. The maximum absolute atomic E-state index is 11.7. The van der Waals surface area contributed by atoms with E-state index in [-0.39, 0.29) is 5.97 Å². The molecule has 80 valence electrons. The topological polar surface area (TPSA) is 39.2 Å². The normalized spacial score (nSPS) is 9.81. The molecule has 0 saturated carbocycles. The minimum absolute atomic E-state index is 0.388. The number of hydrogen-bond acceptors (Lipinski definition) is 3. The molecule has 0 aliphatic heterocycles. The van der Waals surface area contributed by atoms with Crippen molar-refractivity contribution in [3.63, 3.8) is 0 Å². The van der Waals surface area contributed by atoms with Crippen LogP contribution >= 0.6 is 15.9 Å². The Bertz CT molecular complexity index is 499. The summed E-state index contributed by atoms with van der Waals surface area (Å²) in [5, 5.41) is 0. The average Bonchev–Trinajstić information content (AvgIpc) is 2.30. The van der Waals surface area contributed by atoms with Gasteiger partial charge in [0.1, 0.15) is 0 Å². The highest BCUT2D eigenvalue weighted by atomic mass is 79.9. The van der Waals surface area contributed by atoms with Crippen LogP contribution in [0.1, 0.15) is 10.4 Å². The summed E-state index contributed by atoms with van der Waals surface area (Å²) in [6.45, 7) is 0. The lowest BCUT2D eigenvalue weighted by Gasteiger charge is -2.03. The number of carbonyl (C=O) groups excluding carboxylic acids is 1. The van der Waals surface area contributed by atoms with Crippen molar-refractivity contribution in [2.45, 2.75) is 0 Å². The standard InChI is InChI=1S/C12H8BrNO2/c13-10-6-11(8-14-7-10)16-12(15)9-4-2-1-3-5-9/h1-8H. The van der Waals surface area contributed by atoms with E-state index < -0.39 is 0 Å². The first-order chi connectivity index (χ1) is 7.75. The molecule has 2 rings (SSSR count). The fourth-order valence-electron chi connectivity index (χ4n) is 1.19. The number of halogens is 1. The molecule has 2 aromatic rings. The number of ether oxygens (including phenoxy) is 1. The fourth-order valence-corrected chi connectivity index (χ4v) is 1.53. The molecule has 0 amide bonds. The summed E-state index contributed by atoms with van der Waals surface area (Å²) in [5.41, 5.74) is 0.516. The lowest BCUT2D eigenvalue weighted by Crippen LogP contribution is -2.08. The van der Waals surface area contributed by atoms with Gasteiger partial charge in [-0.05, 0) is 34.1 Å². The van der Waals surface area contributed by atoms with Gasteiger partial charge in [0.2, 0.25) is 0 Å². The maximum atomic E-state index is 11.7. The first-order valence-corrected chi connectivity index (χ1v) is 5.43. The zero-order chi connectivity index (χ0) is 11.4. The van der Waals surface area contributed by atoms with Crippen molar-refractivity contribution in [3.05, 3.63) is 58.8 Å². The third kappa shape index (κ3) is 2.67. The molecule has 1 aromatic heterocycles. The van der Waals surface area contributed by atoms with Crippen molar-refractivity contribution >= 4 is 21.9 Å². The third-order valence-corrected chi connectivity index (χ3v) is 2.33. The van der Waals surface area contributed by atoms with Crippen molar-refractivity contribution in [2.75, 3.05) is 0 Å². The number of nitrogens with zero attached hydrogens (tertiary/aromatic N) is 1. The van der Waals surface area contributed by atoms with Gasteiger partial charge >= 0.3 is 5.97 Å². The molecule has 0 fully saturated rings. The molecule has 0 N–H and O–H groups in total. The molecule has 0 saturated heterocycles. The van der Waals surface area contributed by atoms with E-state index in [1.54, 1.807) is 36.5 Å². The quantitative estimate of drug-likeness (QED) is 0.792. The molecule has 4 heteroatoms. The maximum Gasteiger partial charge on any atom is 0.343 e. The van der Waals surface area contributed by atoms with Crippen molar-refractivity contribution in [1.29, 1.82) is 0 Å². The number of aromatic nitrogens is 1. The smallest absolute Gasteiger partial charge is 0.343 e. The molecule has 1 heterocycles. The van der Waals surface area contributed by atoms with Crippen LogP contribution < -0.4 is 4.74 Å². The van der Waals surface area contributed by atoms with Gasteiger partial charge in [0.05, 0.1) is 11.8 Å². The predicted octanol–water partition coefficient (Wildman–Crippen LogP) is 3.06. The number of rotatable bonds is 2. The Kier molecular flexibility index (Phi) is 3.31. The SMILES string of the molecule is O=C(Oc1cncc(Br)c1)c1ccccc1. The fraction of sp³-hybridized carbons (Fsp3) is 0. The minimum Gasteiger partial charge on any atom is -0.421 e. The van der Waals surface area contributed by atoms with Crippen molar-refractivity contribution < 1.29 is 9.53 Å². The van der Waals surface area contributed by atoms with E-state index in [0.29, 0.717) is 11.3 Å². The second kappa shape index (κ2) is 4.90. The lowest BCUT2D eigenvalue weighted by molar-refractivity contribution is 0.0734. The third-order valence-electron chi connectivity index (χ3n) is 1.90. The molecule has 0 aliphatic rings. The van der Waals surface area contributed by atoms with Crippen molar-refractivity contribution in [3.8, 4) is 5.75 Å². The Balaban J connectivity index is 2.14. The van der Waals surface area contributed by atoms with Gasteiger partial charge in [0.25, 0.3) is 0 Å². The van der Waals surface area contributed by atoms with Crippen LogP contribution in [0.2, 0.25) is 0 Å². The summed E-state index contributed by atoms with van der Waals surface area (Å²) in [7, 11) is 0. The number of pyridine rings is 1. The molecule has 0 atom stereocenters. The largest absolute Gasteiger partial charge is 0.421 e. The van der Waals surface area contributed by atoms with Gasteiger partial charge in [0, 0.05) is 10.7 Å². The summed E-state index contributed by atoms with van der Waals surface area (Å²) in [5.74, 6) is 0.0312. The summed E-state index contributed by atoms with van der Waals surface area (Å²) in [4.78, 5) is 15.6. The Morgan fingerprint density at radius 1 is 1.19 bits per heavy atom. The van der Waals surface area contributed by atoms with E-state index in [9.17, 15) is 4.79 Å². The van der Waals surface area contributed by atoms with Crippen LogP contribution in [-0.2, 0) is 0 Å². The second-order valence-corrected chi connectivity index (χ2v) is 4.01. The molecule has 1 aromatic carbocycles. The van der Waals surface area contributed by atoms with Crippen LogP contribution in [0.15, 0.2) is 53.3 Å². The monoisotopic (exact) mass is 277 g/mol. The molecule has 16 heavy (non-hydrogen) atoms. The van der Waals surface area contributed by atoms with Gasteiger partial charge < -0.3 is 4.74 Å². The molecular formula is C12H8BrNO2. The van der Waals surface area contributed by atoms with E-state index in [1.807, 2.05) is 6.07 Å². The molecule has 0 radical (unpaired) electrons. The van der Waals surface area contributed by atoms with Crippen LogP contribution in [0.4, 0.5) is 0 Å². The van der Waals surface area contributed by atoms with Crippen LogP contribution in [0.25, 0.3) is 0 Å². The number of esters is 1.